The van der Waals surface area contributed by atoms with Crippen LogP contribution in [0.2, 0.25) is 0 Å². The van der Waals surface area contributed by atoms with Gasteiger partial charge in [0.15, 0.2) is 0 Å². The van der Waals surface area contributed by atoms with Crippen LogP contribution in [0.3, 0.4) is 0 Å². The molecule has 1 amide bonds. The molecule has 0 aliphatic carbocycles. The monoisotopic (exact) mass is 379 g/mol. The molecule has 120 valence electrons. The van der Waals surface area contributed by atoms with E-state index in [4.69, 9.17) is 0 Å². The normalized spacial score (nSPS) is 11.8. The fourth-order valence-electron chi connectivity index (χ4n) is 2.72. The molecule has 2 nitrogen and oxygen atoms in total. The van der Waals surface area contributed by atoms with Crippen LogP contribution < -0.4 is 4.90 Å². The molecule has 0 aliphatic rings. The molecule has 0 N–H and O–H groups in total. The van der Waals surface area contributed by atoms with Crippen molar-refractivity contribution in [2.45, 2.75) is 13.0 Å². The number of amides is 1. The summed E-state index contributed by atoms with van der Waals surface area (Å²) in [5.41, 5.74) is 2.67. The molecule has 3 heteroatoms. The Bertz CT molecular complexity index is 800. The topological polar surface area (TPSA) is 20.3 Å². The van der Waals surface area contributed by atoms with Gasteiger partial charge in [-0.15, -0.1) is 0 Å². The van der Waals surface area contributed by atoms with E-state index in [1.165, 1.54) is 0 Å². The first-order valence-corrected chi connectivity index (χ1v) is 8.65. The molecule has 0 saturated carbocycles. The Kier molecular flexibility index (Phi) is 5.11. The Morgan fingerprint density at radius 1 is 0.833 bits per heavy atom. The maximum absolute atomic E-state index is 13.1. The molecule has 3 rings (SSSR count). The summed E-state index contributed by atoms with van der Waals surface area (Å²) in [5.74, 6) is -0.00258. The Morgan fingerprint density at radius 2 is 1.38 bits per heavy atom. The third-order valence-electron chi connectivity index (χ3n) is 4.01. The predicted octanol–water partition coefficient (Wildman–Crippen LogP) is 5.86. The first-order valence-electron chi connectivity index (χ1n) is 7.86. The average molecular weight is 380 g/mol. The van der Waals surface area contributed by atoms with Gasteiger partial charge in [0.2, 0.25) is 0 Å². The van der Waals surface area contributed by atoms with Gasteiger partial charge in [-0.1, -0.05) is 64.5 Å². The SMILES string of the molecule is C[C@@H](c1ccc(Br)cc1)N(C(=O)c1ccccc1)c1ccccc1. The first-order chi connectivity index (χ1) is 11.7. The molecule has 0 unspecified atom stereocenters. The maximum atomic E-state index is 13.1. The van der Waals surface area contributed by atoms with Crippen LogP contribution in [0.1, 0.15) is 28.9 Å². The number of hydrogen-bond acceptors (Lipinski definition) is 1. The van der Waals surface area contributed by atoms with Gasteiger partial charge in [-0.25, -0.2) is 0 Å². The Hall–Kier alpha value is -2.39. The fourth-order valence-corrected chi connectivity index (χ4v) is 2.98. The molecule has 0 aliphatic heterocycles. The minimum Gasteiger partial charge on any atom is -0.301 e. The van der Waals surface area contributed by atoms with Crippen molar-refractivity contribution in [3.05, 3.63) is 101 Å². The average Bonchev–Trinajstić information content (AvgIpc) is 2.64. The zero-order chi connectivity index (χ0) is 16.9. The van der Waals surface area contributed by atoms with Crippen LogP contribution in [0.4, 0.5) is 5.69 Å². The molecule has 0 fully saturated rings. The number of benzene rings is 3. The van der Waals surface area contributed by atoms with Gasteiger partial charge in [0.25, 0.3) is 5.91 Å². The van der Waals surface area contributed by atoms with E-state index < -0.39 is 0 Å². The molecule has 0 aromatic heterocycles. The van der Waals surface area contributed by atoms with Gasteiger partial charge in [-0.2, -0.15) is 0 Å². The lowest BCUT2D eigenvalue weighted by Gasteiger charge is -2.30. The lowest BCUT2D eigenvalue weighted by molar-refractivity contribution is 0.0978. The van der Waals surface area contributed by atoms with Crippen molar-refractivity contribution in [3.63, 3.8) is 0 Å². The first kappa shape index (κ1) is 16.5. The van der Waals surface area contributed by atoms with E-state index in [1.54, 1.807) is 0 Å². The molecule has 1 atom stereocenters. The Labute approximate surface area is 150 Å². The van der Waals surface area contributed by atoms with Crippen LogP contribution in [0.15, 0.2) is 89.4 Å². The largest absolute Gasteiger partial charge is 0.301 e. The number of rotatable bonds is 4. The summed E-state index contributed by atoms with van der Waals surface area (Å²) in [6, 6.07) is 27.2. The van der Waals surface area contributed by atoms with Gasteiger partial charge >= 0.3 is 0 Å². The summed E-state index contributed by atoms with van der Waals surface area (Å²) in [5, 5.41) is 0. The zero-order valence-electron chi connectivity index (χ0n) is 13.4. The molecular weight excluding hydrogens is 362 g/mol. The van der Waals surface area contributed by atoms with E-state index in [-0.39, 0.29) is 11.9 Å². The van der Waals surface area contributed by atoms with E-state index in [0.717, 1.165) is 15.7 Å². The van der Waals surface area contributed by atoms with E-state index >= 15 is 0 Å². The highest BCUT2D eigenvalue weighted by atomic mass is 79.9. The minimum absolute atomic E-state index is 0.00258. The lowest BCUT2D eigenvalue weighted by atomic mass is 10.0. The van der Waals surface area contributed by atoms with Crippen LogP contribution in [-0.2, 0) is 0 Å². The summed E-state index contributed by atoms with van der Waals surface area (Å²) in [6.07, 6.45) is 0. The summed E-state index contributed by atoms with van der Waals surface area (Å²) in [6.45, 7) is 2.05. The summed E-state index contributed by atoms with van der Waals surface area (Å²) < 4.78 is 1.03. The fraction of sp³-hybridized carbons (Fsp3) is 0.0952. The molecular formula is C21H18BrNO. The lowest BCUT2D eigenvalue weighted by Crippen LogP contribution is -2.33. The van der Waals surface area contributed by atoms with Crippen LogP contribution in [0.5, 0.6) is 0 Å². The van der Waals surface area contributed by atoms with E-state index in [1.807, 2.05) is 89.8 Å². The second-order valence-corrected chi connectivity index (χ2v) is 6.52. The van der Waals surface area contributed by atoms with Crippen molar-refractivity contribution in [3.8, 4) is 0 Å². The summed E-state index contributed by atoms with van der Waals surface area (Å²) >= 11 is 3.46. The molecule has 3 aromatic rings. The standard InChI is InChI=1S/C21H18BrNO/c1-16(17-12-14-19(22)15-13-17)23(20-10-6-3-7-11-20)21(24)18-8-4-2-5-9-18/h2-16H,1H3/t16-/m0/s1. The number of nitrogens with zero attached hydrogens (tertiary/aromatic N) is 1. The van der Waals surface area contributed by atoms with Crippen LogP contribution in [-0.4, -0.2) is 5.91 Å². The van der Waals surface area contributed by atoms with Crippen molar-refractivity contribution in [2.75, 3.05) is 4.90 Å². The molecule has 0 radical (unpaired) electrons. The number of carbonyl (C=O) groups is 1. The smallest absolute Gasteiger partial charge is 0.258 e. The quantitative estimate of drug-likeness (QED) is 0.555. The van der Waals surface area contributed by atoms with E-state index in [2.05, 4.69) is 22.9 Å². The van der Waals surface area contributed by atoms with E-state index in [0.29, 0.717) is 5.56 Å². The number of halogens is 1. The van der Waals surface area contributed by atoms with Gasteiger partial charge in [-0.3, -0.25) is 4.79 Å². The van der Waals surface area contributed by atoms with Gasteiger partial charge in [0.1, 0.15) is 0 Å². The number of hydrogen-bond donors (Lipinski definition) is 0. The molecule has 0 bridgehead atoms. The van der Waals surface area contributed by atoms with Crippen molar-refractivity contribution in [2.24, 2.45) is 0 Å². The van der Waals surface area contributed by atoms with Crippen LogP contribution in [0.25, 0.3) is 0 Å². The Morgan fingerprint density at radius 3 is 1.96 bits per heavy atom. The minimum atomic E-state index is -0.0757. The van der Waals surface area contributed by atoms with Crippen LogP contribution in [0, 0.1) is 0 Å². The highest BCUT2D eigenvalue weighted by Crippen LogP contribution is 2.29. The Balaban J connectivity index is 2.02. The number of anilines is 1. The van der Waals surface area contributed by atoms with Gasteiger partial charge in [0, 0.05) is 15.7 Å². The van der Waals surface area contributed by atoms with Gasteiger partial charge < -0.3 is 4.90 Å². The summed E-state index contributed by atoms with van der Waals surface area (Å²) in [4.78, 5) is 15.0. The predicted molar refractivity (Wildman–Crippen MR) is 102 cm³/mol. The van der Waals surface area contributed by atoms with Crippen molar-refractivity contribution in [1.29, 1.82) is 0 Å². The van der Waals surface area contributed by atoms with Gasteiger partial charge in [0.05, 0.1) is 6.04 Å². The van der Waals surface area contributed by atoms with E-state index in [9.17, 15) is 4.79 Å². The third-order valence-corrected chi connectivity index (χ3v) is 4.54. The highest BCUT2D eigenvalue weighted by molar-refractivity contribution is 9.10. The second kappa shape index (κ2) is 7.45. The molecule has 3 aromatic carbocycles. The molecule has 0 saturated heterocycles. The summed E-state index contributed by atoms with van der Waals surface area (Å²) in [7, 11) is 0. The van der Waals surface area contributed by atoms with Crippen molar-refractivity contribution in [1.82, 2.24) is 0 Å². The highest BCUT2D eigenvalue weighted by Gasteiger charge is 2.24. The molecule has 24 heavy (non-hydrogen) atoms. The number of para-hydroxylation sites is 1. The third kappa shape index (κ3) is 3.57. The molecule has 0 spiro atoms. The maximum Gasteiger partial charge on any atom is 0.258 e. The number of carbonyl (C=O) groups excluding carboxylic acids is 1. The molecule has 0 heterocycles. The van der Waals surface area contributed by atoms with Crippen LogP contribution >= 0.6 is 15.9 Å². The van der Waals surface area contributed by atoms with Crippen molar-refractivity contribution < 1.29 is 4.79 Å². The van der Waals surface area contributed by atoms with Crippen molar-refractivity contribution >= 4 is 27.5 Å². The van der Waals surface area contributed by atoms with Gasteiger partial charge in [-0.05, 0) is 48.9 Å². The zero-order valence-corrected chi connectivity index (χ0v) is 15.0. The second-order valence-electron chi connectivity index (χ2n) is 5.60.